The van der Waals surface area contributed by atoms with Crippen molar-refractivity contribution in [1.29, 1.82) is 0 Å². The van der Waals surface area contributed by atoms with Gasteiger partial charge in [0.05, 0.1) is 43.2 Å². The first kappa shape index (κ1) is 21.6. The minimum Gasteiger partial charge on any atom is -0.383 e. The smallest absolute Gasteiger partial charge is 0.268 e. The maximum atomic E-state index is 13.4. The van der Waals surface area contributed by atoms with Gasteiger partial charge in [-0.2, -0.15) is 0 Å². The second-order valence-corrected chi connectivity index (χ2v) is 8.19. The standard InChI is InChI=1S/C24H31N3O4/c1-3-20(17-8-5-4-6-9-17)25-23(28)21-14-19(22-16-31-13-12-27(21)22)24(29)26-11-7-10-18(26)15-30-2/h4-6,8-9,14,18,20H,3,7,10-13,15-16H2,1-2H3,(H,25,28)/t18-,20-/m1/s1. The van der Waals surface area contributed by atoms with Crippen LogP contribution in [0, 0.1) is 0 Å². The van der Waals surface area contributed by atoms with Gasteiger partial charge >= 0.3 is 0 Å². The number of benzene rings is 1. The van der Waals surface area contributed by atoms with Crippen LogP contribution in [0.5, 0.6) is 0 Å². The maximum absolute atomic E-state index is 13.4. The Morgan fingerprint density at radius 1 is 1.26 bits per heavy atom. The fourth-order valence-corrected chi connectivity index (χ4v) is 4.66. The highest BCUT2D eigenvalue weighted by Crippen LogP contribution is 2.27. The van der Waals surface area contributed by atoms with E-state index < -0.39 is 0 Å². The molecule has 2 aromatic rings. The zero-order chi connectivity index (χ0) is 21.8. The predicted octanol–water partition coefficient (Wildman–Crippen LogP) is 3.15. The highest BCUT2D eigenvalue weighted by molar-refractivity contribution is 6.01. The quantitative estimate of drug-likeness (QED) is 0.740. The molecule has 7 heteroatoms. The maximum Gasteiger partial charge on any atom is 0.268 e. The Labute approximate surface area is 183 Å². The molecule has 0 spiro atoms. The van der Waals surface area contributed by atoms with Gasteiger partial charge in [-0.05, 0) is 30.9 Å². The van der Waals surface area contributed by atoms with E-state index in [1.807, 2.05) is 39.8 Å². The molecule has 0 unspecified atom stereocenters. The van der Waals surface area contributed by atoms with E-state index in [4.69, 9.17) is 9.47 Å². The van der Waals surface area contributed by atoms with Crippen LogP contribution in [0.1, 0.15) is 64.3 Å². The van der Waals surface area contributed by atoms with Gasteiger partial charge in [0.1, 0.15) is 5.69 Å². The molecule has 3 heterocycles. The van der Waals surface area contributed by atoms with E-state index in [2.05, 4.69) is 12.2 Å². The first-order valence-electron chi connectivity index (χ1n) is 11.1. The Bertz CT molecular complexity index is 924. The average Bonchev–Trinajstić information content (AvgIpc) is 3.43. The number of likely N-dealkylation sites (tertiary alicyclic amines) is 1. The van der Waals surface area contributed by atoms with Crippen molar-refractivity contribution in [1.82, 2.24) is 14.8 Å². The third kappa shape index (κ3) is 4.38. The van der Waals surface area contributed by atoms with Gasteiger partial charge in [0.25, 0.3) is 11.8 Å². The highest BCUT2D eigenvalue weighted by Gasteiger charge is 2.34. The van der Waals surface area contributed by atoms with E-state index in [9.17, 15) is 9.59 Å². The minimum atomic E-state index is -0.159. The summed E-state index contributed by atoms with van der Waals surface area (Å²) in [5, 5.41) is 3.15. The normalized spacial score (nSPS) is 19.2. The van der Waals surface area contributed by atoms with Gasteiger partial charge in [-0.25, -0.2) is 0 Å². The molecule has 1 aromatic heterocycles. The van der Waals surface area contributed by atoms with Crippen molar-refractivity contribution < 1.29 is 19.1 Å². The summed E-state index contributed by atoms with van der Waals surface area (Å²) in [5.74, 6) is -0.198. The molecule has 1 aromatic carbocycles. The number of ether oxygens (including phenoxy) is 2. The molecule has 2 aliphatic heterocycles. The number of carbonyl (C=O) groups excluding carboxylic acids is 2. The molecule has 1 N–H and O–H groups in total. The molecule has 0 aliphatic carbocycles. The van der Waals surface area contributed by atoms with E-state index in [1.54, 1.807) is 13.2 Å². The van der Waals surface area contributed by atoms with Crippen molar-refractivity contribution in [3.63, 3.8) is 0 Å². The molecule has 31 heavy (non-hydrogen) atoms. The Hall–Kier alpha value is -2.64. The molecular weight excluding hydrogens is 394 g/mol. The number of rotatable bonds is 7. The molecule has 2 atom stereocenters. The van der Waals surface area contributed by atoms with Crippen molar-refractivity contribution in [3.05, 3.63) is 58.9 Å². The second-order valence-electron chi connectivity index (χ2n) is 8.19. The van der Waals surface area contributed by atoms with Crippen LogP contribution in [-0.2, 0) is 22.6 Å². The van der Waals surface area contributed by atoms with E-state index in [0.29, 0.717) is 44.2 Å². The fraction of sp³-hybridized carbons (Fsp3) is 0.500. The van der Waals surface area contributed by atoms with Crippen molar-refractivity contribution >= 4 is 11.8 Å². The second kappa shape index (κ2) is 9.66. The van der Waals surface area contributed by atoms with Gasteiger partial charge in [0.2, 0.25) is 0 Å². The SMILES string of the molecule is CC[C@@H](NC(=O)c1cc(C(=O)N2CCC[C@@H]2COC)c2n1CCOC2)c1ccccc1. The molecule has 1 saturated heterocycles. The number of methoxy groups -OCH3 is 1. The Kier molecular flexibility index (Phi) is 6.73. The summed E-state index contributed by atoms with van der Waals surface area (Å²) >= 11 is 0. The van der Waals surface area contributed by atoms with E-state index in [1.165, 1.54) is 0 Å². The first-order valence-corrected chi connectivity index (χ1v) is 11.1. The molecule has 166 valence electrons. The first-order chi connectivity index (χ1) is 15.1. The summed E-state index contributed by atoms with van der Waals surface area (Å²) in [5.41, 5.74) is 2.96. The molecule has 0 saturated carbocycles. The summed E-state index contributed by atoms with van der Waals surface area (Å²) in [4.78, 5) is 28.6. The summed E-state index contributed by atoms with van der Waals surface area (Å²) in [6.45, 7) is 4.73. The van der Waals surface area contributed by atoms with E-state index >= 15 is 0 Å². The number of hydrogen-bond donors (Lipinski definition) is 1. The van der Waals surface area contributed by atoms with Crippen molar-refractivity contribution in [3.8, 4) is 0 Å². The van der Waals surface area contributed by atoms with Gasteiger partial charge in [-0.1, -0.05) is 37.3 Å². The summed E-state index contributed by atoms with van der Waals surface area (Å²) < 4.78 is 12.9. The monoisotopic (exact) mass is 425 g/mol. The van der Waals surface area contributed by atoms with Gasteiger partial charge in [0.15, 0.2) is 0 Å². The van der Waals surface area contributed by atoms with Crippen LogP contribution in [0.4, 0.5) is 0 Å². The van der Waals surface area contributed by atoms with Crippen molar-refractivity contribution in [2.45, 2.75) is 51.4 Å². The molecular formula is C24H31N3O4. The third-order valence-corrected chi connectivity index (χ3v) is 6.28. The van der Waals surface area contributed by atoms with Gasteiger partial charge < -0.3 is 24.3 Å². The Balaban J connectivity index is 1.61. The van der Waals surface area contributed by atoms with Crippen LogP contribution in [0.3, 0.4) is 0 Å². The summed E-state index contributed by atoms with van der Waals surface area (Å²) in [6.07, 6.45) is 2.69. The highest BCUT2D eigenvalue weighted by atomic mass is 16.5. The Morgan fingerprint density at radius 2 is 2.06 bits per heavy atom. The van der Waals surface area contributed by atoms with Crippen LogP contribution in [0.15, 0.2) is 36.4 Å². The minimum absolute atomic E-state index is 0.0389. The number of nitrogens with zero attached hydrogens (tertiary/aromatic N) is 2. The van der Waals surface area contributed by atoms with Crippen LogP contribution in [0.2, 0.25) is 0 Å². The lowest BCUT2D eigenvalue weighted by Gasteiger charge is -2.25. The molecule has 7 nitrogen and oxygen atoms in total. The number of aromatic nitrogens is 1. The lowest BCUT2D eigenvalue weighted by Crippen LogP contribution is -2.38. The van der Waals surface area contributed by atoms with E-state index in [0.717, 1.165) is 30.5 Å². The Morgan fingerprint density at radius 3 is 2.81 bits per heavy atom. The zero-order valence-corrected chi connectivity index (χ0v) is 18.3. The zero-order valence-electron chi connectivity index (χ0n) is 18.3. The predicted molar refractivity (Wildman–Crippen MR) is 117 cm³/mol. The molecule has 4 rings (SSSR count). The van der Waals surface area contributed by atoms with Crippen molar-refractivity contribution in [2.75, 3.05) is 26.9 Å². The molecule has 2 amide bonds. The molecule has 1 fully saturated rings. The van der Waals surface area contributed by atoms with Gasteiger partial charge in [-0.3, -0.25) is 9.59 Å². The molecule has 0 radical (unpaired) electrons. The van der Waals surface area contributed by atoms with Crippen molar-refractivity contribution in [2.24, 2.45) is 0 Å². The summed E-state index contributed by atoms with van der Waals surface area (Å²) in [6, 6.07) is 11.7. The number of hydrogen-bond acceptors (Lipinski definition) is 4. The lowest BCUT2D eigenvalue weighted by molar-refractivity contribution is 0.0604. The topological polar surface area (TPSA) is 72.8 Å². The number of carbonyl (C=O) groups is 2. The van der Waals surface area contributed by atoms with Crippen LogP contribution < -0.4 is 5.32 Å². The van der Waals surface area contributed by atoms with Gasteiger partial charge in [-0.15, -0.1) is 0 Å². The number of nitrogens with one attached hydrogen (secondary N) is 1. The van der Waals surface area contributed by atoms with E-state index in [-0.39, 0.29) is 23.9 Å². The molecule has 0 bridgehead atoms. The summed E-state index contributed by atoms with van der Waals surface area (Å²) in [7, 11) is 1.66. The number of fused-ring (bicyclic) bond motifs is 1. The molecule has 2 aliphatic rings. The van der Waals surface area contributed by atoms with Crippen LogP contribution in [0.25, 0.3) is 0 Å². The van der Waals surface area contributed by atoms with Crippen LogP contribution in [-0.4, -0.2) is 54.2 Å². The number of amides is 2. The lowest BCUT2D eigenvalue weighted by atomic mass is 10.0. The fourth-order valence-electron chi connectivity index (χ4n) is 4.66. The average molecular weight is 426 g/mol. The van der Waals surface area contributed by atoms with Gasteiger partial charge in [0, 0.05) is 20.2 Å². The largest absolute Gasteiger partial charge is 0.383 e. The van der Waals surface area contributed by atoms with Crippen LogP contribution >= 0.6 is 0 Å². The third-order valence-electron chi connectivity index (χ3n) is 6.28.